The minimum Gasteiger partial charge on any atom is -0.406 e. The molecule has 32 heavy (non-hydrogen) atoms. The molecule has 2 atom stereocenters. The van der Waals surface area contributed by atoms with E-state index in [2.05, 4.69) is 27.9 Å². The standard InChI is InChI=1S/C23H19F3N4O2/c1-21(16-4-3-5-17(12-16)32-23(24,25)26)18(19(31)30(2)20(28)29-21)14-6-8-15(9-7-14)22(13-27)10-11-22/h3-6,8,12,18H,10-11H2,1-2H3,(H2,28,29)/t18-,21+/m0/s1. The number of aliphatic imine (C=N–C) groups is 1. The second-order valence-corrected chi connectivity index (χ2v) is 8.17. The van der Waals surface area contributed by atoms with Crippen molar-refractivity contribution in [3.05, 3.63) is 65.2 Å². The summed E-state index contributed by atoms with van der Waals surface area (Å²) in [5.41, 5.74) is 5.54. The molecule has 2 aliphatic rings. The summed E-state index contributed by atoms with van der Waals surface area (Å²) in [5.74, 6) is -1.80. The summed E-state index contributed by atoms with van der Waals surface area (Å²) in [7, 11) is 1.48. The summed E-state index contributed by atoms with van der Waals surface area (Å²) in [6, 6.07) is 17.0. The van der Waals surface area contributed by atoms with Crippen molar-refractivity contribution in [1.82, 2.24) is 4.90 Å². The first kappa shape index (κ1) is 21.5. The van der Waals surface area contributed by atoms with E-state index in [-0.39, 0.29) is 11.9 Å². The lowest BCUT2D eigenvalue weighted by Crippen LogP contribution is -2.52. The maximum Gasteiger partial charge on any atom is 0.573 e. The van der Waals surface area contributed by atoms with Crippen LogP contribution in [0.4, 0.5) is 13.2 Å². The molecule has 1 amide bonds. The number of carbonyl (C=O) groups is 1. The van der Waals surface area contributed by atoms with Crippen molar-refractivity contribution in [3.8, 4) is 11.8 Å². The number of rotatable bonds is 4. The van der Waals surface area contributed by atoms with E-state index in [0.717, 1.165) is 12.8 Å². The lowest BCUT2D eigenvalue weighted by Gasteiger charge is -2.40. The molecule has 0 saturated heterocycles. The summed E-state index contributed by atoms with van der Waals surface area (Å²) in [6.07, 6.45) is -3.38. The third-order valence-electron chi connectivity index (χ3n) is 6.04. The number of benzene rings is 1. The van der Waals surface area contributed by atoms with Gasteiger partial charge < -0.3 is 10.5 Å². The fourth-order valence-electron chi connectivity index (χ4n) is 4.01. The fourth-order valence-corrected chi connectivity index (χ4v) is 4.01. The van der Waals surface area contributed by atoms with Gasteiger partial charge in [0.25, 0.3) is 0 Å². The van der Waals surface area contributed by atoms with Gasteiger partial charge in [0.05, 0.1) is 11.5 Å². The van der Waals surface area contributed by atoms with E-state index in [9.17, 15) is 23.2 Å². The van der Waals surface area contributed by atoms with Crippen LogP contribution >= 0.6 is 0 Å². The largest absolute Gasteiger partial charge is 0.573 e. The zero-order chi connectivity index (χ0) is 23.3. The van der Waals surface area contributed by atoms with Crippen LogP contribution in [0.2, 0.25) is 0 Å². The van der Waals surface area contributed by atoms with Gasteiger partial charge in [-0.05, 0) is 49.6 Å². The van der Waals surface area contributed by atoms with Gasteiger partial charge >= 0.3 is 6.36 Å². The number of nitrogens with zero attached hydrogens (tertiary/aromatic N) is 3. The first-order chi connectivity index (χ1) is 15.0. The number of nitrogens with two attached hydrogens (primary N) is 1. The average Bonchev–Trinajstić information content (AvgIpc) is 3.53. The molecule has 0 unspecified atom stereocenters. The second-order valence-electron chi connectivity index (χ2n) is 8.17. The molecule has 1 saturated carbocycles. The minimum atomic E-state index is -4.86. The summed E-state index contributed by atoms with van der Waals surface area (Å²) < 4.78 is 42.2. The van der Waals surface area contributed by atoms with E-state index >= 15 is 0 Å². The highest BCUT2D eigenvalue weighted by molar-refractivity contribution is 6.02. The third-order valence-corrected chi connectivity index (χ3v) is 6.04. The molecule has 164 valence electrons. The van der Waals surface area contributed by atoms with Crippen molar-refractivity contribution in [2.24, 2.45) is 10.7 Å². The number of guanidine groups is 1. The van der Waals surface area contributed by atoms with Crippen molar-refractivity contribution in [1.29, 1.82) is 5.26 Å². The van der Waals surface area contributed by atoms with E-state index in [0.29, 0.717) is 16.7 Å². The summed E-state index contributed by atoms with van der Waals surface area (Å²) in [6.45, 7) is 1.63. The Morgan fingerprint density at radius 1 is 1.28 bits per heavy atom. The Kier molecular flexibility index (Phi) is 4.82. The smallest absolute Gasteiger partial charge is 0.406 e. The SMILES string of the molecule is CN1C(=O)[C@H](c2c#cc(C3(C#N)CC3)cc2)[C@@](C)(c2cccc(OC(F)(F)F)c2)N=C1N. The second kappa shape index (κ2) is 7.16. The summed E-state index contributed by atoms with van der Waals surface area (Å²) in [4.78, 5) is 18.9. The topological polar surface area (TPSA) is 91.7 Å². The highest BCUT2D eigenvalue weighted by Crippen LogP contribution is 2.48. The Morgan fingerprint density at radius 2 is 2.00 bits per heavy atom. The molecule has 1 fully saturated rings. The van der Waals surface area contributed by atoms with Crippen LogP contribution in [0.25, 0.3) is 0 Å². The van der Waals surface area contributed by atoms with Crippen molar-refractivity contribution >= 4 is 11.9 Å². The maximum atomic E-state index is 13.3. The van der Waals surface area contributed by atoms with Gasteiger partial charge in [0, 0.05) is 18.2 Å². The molecule has 2 aromatic rings. The van der Waals surface area contributed by atoms with Crippen molar-refractivity contribution in [2.45, 2.75) is 43.0 Å². The number of ether oxygens (including phenoxy) is 1. The molecule has 1 aliphatic heterocycles. The molecule has 0 spiro atoms. The zero-order valence-corrected chi connectivity index (χ0v) is 17.3. The number of nitriles is 1. The first-order valence-corrected chi connectivity index (χ1v) is 9.84. The molecular formula is C23H19F3N4O2. The van der Waals surface area contributed by atoms with Crippen LogP contribution < -0.4 is 10.5 Å². The predicted octanol–water partition coefficient (Wildman–Crippen LogP) is 3.53. The van der Waals surface area contributed by atoms with Gasteiger partial charge in [-0.15, -0.1) is 13.2 Å². The van der Waals surface area contributed by atoms with Gasteiger partial charge in [-0.25, -0.2) is 4.99 Å². The van der Waals surface area contributed by atoms with Crippen LogP contribution in [-0.2, 0) is 15.7 Å². The van der Waals surface area contributed by atoms with Gasteiger partial charge in [-0.3, -0.25) is 9.69 Å². The summed E-state index contributed by atoms with van der Waals surface area (Å²) in [5, 5.41) is 9.40. The van der Waals surface area contributed by atoms with Crippen LogP contribution in [0.5, 0.6) is 5.75 Å². The predicted molar refractivity (Wildman–Crippen MR) is 108 cm³/mol. The van der Waals surface area contributed by atoms with Crippen molar-refractivity contribution < 1.29 is 22.7 Å². The lowest BCUT2D eigenvalue weighted by molar-refractivity contribution is -0.274. The van der Waals surface area contributed by atoms with Crippen LogP contribution in [0, 0.1) is 23.5 Å². The van der Waals surface area contributed by atoms with E-state index < -0.39 is 29.0 Å². The molecule has 0 bridgehead atoms. The minimum absolute atomic E-state index is 0.0575. The molecule has 9 heteroatoms. The zero-order valence-electron chi connectivity index (χ0n) is 17.3. The Bertz CT molecular complexity index is 1130. The van der Waals surface area contributed by atoms with E-state index in [1.807, 2.05) is 0 Å². The van der Waals surface area contributed by atoms with Gasteiger partial charge in [-0.1, -0.05) is 24.3 Å². The van der Waals surface area contributed by atoms with Crippen molar-refractivity contribution in [3.63, 3.8) is 0 Å². The third kappa shape index (κ3) is 3.60. The molecule has 4 rings (SSSR count). The van der Waals surface area contributed by atoms with Gasteiger partial charge in [0.1, 0.15) is 17.2 Å². The molecule has 1 heterocycles. The summed E-state index contributed by atoms with van der Waals surface area (Å²) >= 11 is 0. The Morgan fingerprint density at radius 3 is 2.56 bits per heavy atom. The number of likely N-dealkylation sites (N-methyl/N-ethyl adjacent to an activating group) is 1. The number of hydrogen-bond acceptors (Lipinski definition) is 5. The molecule has 0 radical (unpaired) electrons. The van der Waals surface area contributed by atoms with Gasteiger partial charge in [0.15, 0.2) is 5.96 Å². The fraction of sp³-hybridized carbons (Fsp3) is 0.348. The molecule has 0 aromatic heterocycles. The van der Waals surface area contributed by atoms with Crippen LogP contribution in [0.15, 0.2) is 41.4 Å². The number of halogens is 3. The Labute approximate surface area is 183 Å². The number of hydrogen-bond donors (Lipinski definition) is 1. The van der Waals surface area contributed by atoms with E-state index in [1.165, 1.54) is 30.1 Å². The quantitative estimate of drug-likeness (QED) is 0.788. The average molecular weight is 440 g/mol. The highest BCUT2D eigenvalue weighted by atomic mass is 19.4. The maximum absolute atomic E-state index is 13.3. The number of amides is 1. The molecule has 6 nitrogen and oxygen atoms in total. The van der Waals surface area contributed by atoms with Gasteiger partial charge in [0.2, 0.25) is 5.91 Å². The van der Waals surface area contributed by atoms with Gasteiger partial charge in [-0.2, -0.15) is 5.26 Å². The van der Waals surface area contributed by atoms with E-state index in [1.54, 1.807) is 25.1 Å². The highest BCUT2D eigenvalue weighted by Gasteiger charge is 2.49. The molecular weight excluding hydrogens is 421 g/mol. The Hall–Kier alpha value is -3.72. The first-order valence-electron chi connectivity index (χ1n) is 9.84. The molecule has 2 aromatic carbocycles. The number of carbonyl (C=O) groups excluding carboxylic acids is 1. The van der Waals surface area contributed by atoms with E-state index in [4.69, 9.17) is 5.73 Å². The normalized spacial score (nSPS) is 24.2. The Balaban J connectivity index is 1.79. The number of alkyl halides is 3. The van der Waals surface area contributed by atoms with Crippen LogP contribution in [0.1, 0.15) is 42.4 Å². The monoisotopic (exact) mass is 440 g/mol. The van der Waals surface area contributed by atoms with Crippen LogP contribution in [-0.4, -0.2) is 30.2 Å². The molecule has 1 aliphatic carbocycles. The van der Waals surface area contributed by atoms with Crippen molar-refractivity contribution in [2.75, 3.05) is 7.05 Å². The lowest BCUT2D eigenvalue weighted by atomic mass is 9.74. The van der Waals surface area contributed by atoms with Crippen LogP contribution in [0.3, 0.4) is 0 Å². The molecule has 2 N–H and O–H groups in total.